The molecule has 14 rings (SSSR count). The van der Waals surface area contributed by atoms with Gasteiger partial charge < -0.3 is 13.7 Å². The summed E-state index contributed by atoms with van der Waals surface area (Å²) in [6.45, 7) is 0. The molecule has 0 atom stereocenters. The smallest absolute Gasteiger partial charge is 0.137 e. The molecular formula is C52H39NO2. The summed E-state index contributed by atoms with van der Waals surface area (Å²) in [7, 11) is 0. The van der Waals surface area contributed by atoms with Gasteiger partial charge in [-0.05, 0) is 132 Å². The van der Waals surface area contributed by atoms with Gasteiger partial charge in [0.15, 0.2) is 0 Å². The van der Waals surface area contributed by atoms with E-state index in [1.807, 2.05) is 6.07 Å². The highest BCUT2D eigenvalue weighted by Crippen LogP contribution is 2.70. The molecule has 0 unspecified atom stereocenters. The Kier molecular flexibility index (Phi) is 6.06. The summed E-state index contributed by atoms with van der Waals surface area (Å²) in [4.78, 5) is 2.55. The first-order chi connectivity index (χ1) is 27.2. The van der Waals surface area contributed by atoms with Crippen LogP contribution in [0.2, 0.25) is 0 Å². The molecule has 4 bridgehead atoms. The zero-order valence-corrected chi connectivity index (χ0v) is 30.5. The highest BCUT2D eigenvalue weighted by Gasteiger charge is 2.61. The first-order valence-electron chi connectivity index (χ1n) is 20.2. The predicted octanol–water partition coefficient (Wildman–Crippen LogP) is 14.3. The van der Waals surface area contributed by atoms with E-state index in [1.165, 1.54) is 54.5 Å². The summed E-state index contributed by atoms with van der Waals surface area (Å²) in [5.74, 6) is 3.19. The van der Waals surface area contributed by atoms with Crippen LogP contribution in [-0.2, 0) is 5.41 Å². The number of benzene rings is 7. The van der Waals surface area contributed by atoms with Crippen molar-refractivity contribution >= 4 is 60.9 Å². The first kappa shape index (κ1) is 30.3. The predicted molar refractivity (Wildman–Crippen MR) is 224 cm³/mol. The second-order valence-corrected chi connectivity index (χ2v) is 16.8. The molecule has 4 saturated carbocycles. The minimum atomic E-state index is 0.0786. The van der Waals surface area contributed by atoms with Crippen LogP contribution in [-0.4, -0.2) is 0 Å². The van der Waals surface area contributed by atoms with E-state index >= 15 is 0 Å². The van der Waals surface area contributed by atoms with Gasteiger partial charge in [-0.3, -0.25) is 0 Å². The lowest BCUT2D eigenvalue weighted by molar-refractivity contribution is -0.0399. The van der Waals surface area contributed by atoms with Crippen molar-refractivity contribution in [2.24, 2.45) is 23.7 Å². The van der Waals surface area contributed by atoms with Crippen LogP contribution in [0.1, 0.15) is 43.2 Å². The van der Waals surface area contributed by atoms with E-state index in [9.17, 15) is 0 Å². The molecule has 4 fully saturated rings. The van der Waals surface area contributed by atoms with Gasteiger partial charge >= 0.3 is 0 Å². The van der Waals surface area contributed by atoms with Crippen LogP contribution in [0.3, 0.4) is 0 Å². The van der Waals surface area contributed by atoms with Gasteiger partial charge in [0, 0.05) is 32.8 Å². The molecule has 1 spiro atoms. The fraction of sp³-hybridized carbons (Fsp3) is 0.192. The molecule has 5 aliphatic rings. The van der Waals surface area contributed by atoms with Gasteiger partial charge in [-0.2, -0.15) is 0 Å². The van der Waals surface area contributed by atoms with E-state index in [1.54, 1.807) is 11.1 Å². The van der Waals surface area contributed by atoms with E-state index in [2.05, 4.69) is 150 Å². The van der Waals surface area contributed by atoms with Crippen LogP contribution in [0.15, 0.2) is 160 Å². The van der Waals surface area contributed by atoms with Gasteiger partial charge in [0.1, 0.15) is 22.3 Å². The van der Waals surface area contributed by atoms with Crippen LogP contribution >= 0.6 is 0 Å². The SMILES string of the molecule is c1cc(-c2cccc3oc4ccccc4c23)cc(N(c2cccc3c2-c2ccccc2C32C3CC4CC(C3)CC2C4)c2cccc3oc4ccccc4c23)c1. The number of rotatable bonds is 4. The molecule has 0 amide bonds. The first-order valence-corrected chi connectivity index (χ1v) is 20.2. The van der Waals surface area contributed by atoms with Gasteiger partial charge in [-0.25, -0.2) is 0 Å². The molecule has 0 aliphatic heterocycles. The topological polar surface area (TPSA) is 29.5 Å². The van der Waals surface area contributed by atoms with Crippen LogP contribution in [0, 0.1) is 23.7 Å². The van der Waals surface area contributed by atoms with Crippen molar-refractivity contribution in [3.63, 3.8) is 0 Å². The minimum absolute atomic E-state index is 0.0786. The molecule has 3 heteroatoms. The van der Waals surface area contributed by atoms with Crippen molar-refractivity contribution in [1.29, 1.82) is 0 Å². The number of hydrogen-bond donors (Lipinski definition) is 0. The molecule has 0 saturated heterocycles. The van der Waals surface area contributed by atoms with E-state index in [4.69, 9.17) is 8.83 Å². The van der Waals surface area contributed by atoms with Crippen LogP contribution in [0.25, 0.3) is 66.1 Å². The Hall–Kier alpha value is -6.06. The number of fused-ring (bicyclic) bond motifs is 9. The van der Waals surface area contributed by atoms with Crippen LogP contribution < -0.4 is 4.90 Å². The number of furan rings is 2. The molecule has 0 N–H and O–H groups in total. The lowest BCUT2D eigenvalue weighted by Gasteiger charge is -2.61. The molecule has 264 valence electrons. The third kappa shape index (κ3) is 4.01. The molecule has 5 aliphatic carbocycles. The Bertz CT molecular complexity index is 3010. The molecule has 2 aromatic heterocycles. The quantitative estimate of drug-likeness (QED) is 0.182. The number of nitrogens with zero attached hydrogens (tertiary/aromatic N) is 1. The normalized spacial score (nSPS) is 23.3. The lowest BCUT2D eigenvalue weighted by Crippen LogP contribution is -2.55. The Labute approximate surface area is 319 Å². The summed E-state index contributed by atoms with van der Waals surface area (Å²) < 4.78 is 12.9. The highest BCUT2D eigenvalue weighted by atomic mass is 16.3. The van der Waals surface area contributed by atoms with Gasteiger partial charge in [0.2, 0.25) is 0 Å². The maximum atomic E-state index is 6.55. The monoisotopic (exact) mass is 709 g/mol. The summed E-state index contributed by atoms with van der Waals surface area (Å²) >= 11 is 0. The second-order valence-electron chi connectivity index (χ2n) is 16.8. The zero-order chi connectivity index (χ0) is 35.8. The van der Waals surface area contributed by atoms with Gasteiger partial charge in [-0.15, -0.1) is 0 Å². The molecule has 0 radical (unpaired) electrons. The van der Waals surface area contributed by atoms with Crippen molar-refractivity contribution in [3.8, 4) is 22.3 Å². The van der Waals surface area contributed by atoms with E-state index in [-0.39, 0.29) is 5.41 Å². The van der Waals surface area contributed by atoms with Gasteiger partial charge in [-0.1, -0.05) is 103 Å². The molecule has 2 heterocycles. The fourth-order valence-corrected chi connectivity index (χ4v) is 12.5. The maximum absolute atomic E-state index is 6.55. The van der Waals surface area contributed by atoms with Gasteiger partial charge in [0.25, 0.3) is 0 Å². The van der Waals surface area contributed by atoms with E-state index in [0.29, 0.717) is 11.8 Å². The number of para-hydroxylation sites is 2. The van der Waals surface area contributed by atoms with E-state index < -0.39 is 0 Å². The Morgan fingerprint density at radius 1 is 0.455 bits per heavy atom. The summed E-state index contributed by atoms with van der Waals surface area (Å²) in [6.07, 6.45) is 6.92. The van der Waals surface area contributed by atoms with Crippen molar-refractivity contribution in [3.05, 3.63) is 163 Å². The second kappa shape index (κ2) is 11.0. The summed E-state index contributed by atoms with van der Waals surface area (Å²) in [5, 5.41) is 4.57. The third-order valence-corrected chi connectivity index (χ3v) is 14.2. The highest BCUT2D eigenvalue weighted by molar-refractivity contribution is 6.15. The standard InChI is InChI=1S/C52H39NO2/c1-4-17-41-38(13-1)50-42(52(41)34-26-31-25-32(28-34)29-35(52)27-31)18-9-19-43(50)53(44-20-10-24-48-51(44)40-15-3-6-22-46(40)55-48)36-12-7-11-33(30-36)37-16-8-23-47-49(37)39-14-2-5-21-45(39)54-47/h1-24,30-32,34-35H,25-29H2. The number of anilines is 3. The largest absolute Gasteiger partial charge is 0.456 e. The van der Waals surface area contributed by atoms with Crippen LogP contribution in [0.4, 0.5) is 17.1 Å². The van der Waals surface area contributed by atoms with Crippen molar-refractivity contribution < 1.29 is 8.83 Å². The van der Waals surface area contributed by atoms with Crippen LogP contribution in [0.5, 0.6) is 0 Å². The zero-order valence-electron chi connectivity index (χ0n) is 30.5. The van der Waals surface area contributed by atoms with Crippen molar-refractivity contribution in [2.45, 2.75) is 37.5 Å². The number of hydrogen-bond acceptors (Lipinski definition) is 3. The van der Waals surface area contributed by atoms with Crippen molar-refractivity contribution in [2.75, 3.05) is 4.90 Å². The third-order valence-electron chi connectivity index (χ3n) is 14.2. The Morgan fingerprint density at radius 2 is 1.02 bits per heavy atom. The molecule has 9 aromatic rings. The van der Waals surface area contributed by atoms with Gasteiger partial charge in [0.05, 0.1) is 16.8 Å². The summed E-state index contributed by atoms with van der Waals surface area (Å²) in [5.41, 5.74) is 15.5. The lowest BCUT2D eigenvalue weighted by atomic mass is 9.43. The molecule has 55 heavy (non-hydrogen) atoms. The van der Waals surface area contributed by atoms with Crippen molar-refractivity contribution in [1.82, 2.24) is 0 Å². The average Bonchev–Trinajstić information content (AvgIpc) is 3.89. The molecular weight excluding hydrogens is 671 g/mol. The summed E-state index contributed by atoms with van der Waals surface area (Å²) in [6, 6.07) is 55.8. The Morgan fingerprint density at radius 3 is 1.80 bits per heavy atom. The Balaban J connectivity index is 1.10. The average molecular weight is 710 g/mol. The maximum Gasteiger partial charge on any atom is 0.137 e. The fourth-order valence-electron chi connectivity index (χ4n) is 12.5. The molecule has 7 aromatic carbocycles. The molecule has 3 nitrogen and oxygen atoms in total. The van der Waals surface area contributed by atoms with E-state index in [0.717, 1.165) is 72.7 Å². The minimum Gasteiger partial charge on any atom is -0.456 e.